The first-order valence-electron chi connectivity index (χ1n) is 5.74. The molecule has 0 bridgehead atoms. The number of methoxy groups -OCH3 is 1. The van der Waals surface area contributed by atoms with Gasteiger partial charge < -0.3 is 20.5 Å². The van der Waals surface area contributed by atoms with Gasteiger partial charge in [-0.05, 0) is 18.6 Å². The molecule has 0 aromatic carbocycles. The van der Waals surface area contributed by atoms with Gasteiger partial charge in [-0.1, -0.05) is 0 Å². The summed E-state index contributed by atoms with van der Waals surface area (Å²) in [5.41, 5.74) is 1.38. The molecule has 2 amide bonds. The molecule has 0 fully saturated rings. The van der Waals surface area contributed by atoms with Crippen LogP contribution in [0.4, 0.5) is 10.5 Å². The summed E-state index contributed by atoms with van der Waals surface area (Å²) in [5.74, 6) is -1.10. The van der Waals surface area contributed by atoms with Gasteiger partial charge in [0.1, 0.15) is 6.04 Å². The second kappa shape index (κ2) is 7.32. The number of aliphatic carboxylic acids is 1. The van der Waals surface area contributed by atoms with E-state index in [2.05, 4.69) is 15.6 Å². The van der Waals surface area contributed by atoms with E-state index in [0.29, 0.717) is 5.69 Å². The van der Waals surface area contributed by atoms with Crippen molar-refractivity contribution in [2.24, 2.45) is 0 Å². The summed E-state index contributed by atoms with van der Waals surface area (Å²) < 4.78 is 4.80. The predicted octanol–water partition coefficient (Wildman–Crippen LogP) is 1.00. The van der Waals surface area contributed by atoms with Gasteiger partial charge in [-0.2, -0.15) is 0 Å². The molecular formula is C12H17N3O4. The molecule has 7 heteroatoms. The molecule has 1 rings (SSSR count). The van der Waals surface area contributed by atoms with Gasteiger partial charge in [0.2, 0.25) is 0 Å². The number of hydrogen-bond donors (Lipinski definition) is 3. The number of nitrogens with zero attached hydrogens (tertiary/aromatic N) is 1. The third-order valence-electron chi connectivity index (χ3n) is 2.50. The van der Waals surface area contributed by atoms with E-state index in [1.807, 2.05) is 6.92 Å². The Hall–Kier alpha value is -2.15. The topological polar surface area (TPSA) is 101 Å². The van der Waals surface area contributed by atoms with Crippen molar-refractivity contribution in [1.82, 2.24) is 10.3 Å². The molecule has 104 valence electrons. The van der Waals surface area contributed by atoms with E-state index in [1.54, 1.807) is 12.3 Å². The number of carboxylic acids is 1. The van der Waals surface area contributed by atoms with Gasteiger partial charge in [-0.3, -0.25) is 4.98 Å². The van der Waals surface area contributed by atoms with Crippen LogP contribution >= 0.6 is 0 Å². The lowest BCUT2D eigenvalue weighted by Gasteiger charge is -2.15. The van der Waals surface area contributed by atoms with Crippen LogP contribution in [0.25, 0.3) is 0 Å². The zero-order valence-electron chi connectivity index (χ0n) is 10.8. The standard InChI is InChI=1S/C12H17N3O4/c1-8-3-5-13-7-10(8)15-12(18)14-9(11(16)17)4-6-19-2/h3,5,7,9H,4,6H2,1-2H3,(H,16,17)(H2,14,15,18). The lowest BCUT2D eigenvalue weighted by Crippen LogP contribution is -2.43. The zero-order chi connectivity index (χ0) is 14.3. The normalized spacial score (nSPS) is 11.7. The number of carbonyl (C=O) groups is 2. The van der Waals surface area contributed by atoms with E-state index < -0.39 is 18.0 Å². The maximum atomic E-state index is 11.7. The highest BCUT2D eigenvalue weighted by Crippen LogP contribution is 2.10. The highest BCUT2D eigenvalue weighted by atomic mass is 16.5. The summed E-state index contributed by atoms with van der Waals surface area (Å²) in [4.78, 5) is 26.5. The minimum Gasteiger partial charge on any atom is -0.480 e. The molecule has 1 atom stereocenters. The largest absolute Gasteiger partial charge is 0.480 e. The van der Waals surface area contributed by atoms with Gasteiger partial charge in [0.05, 0.1) is 11.9 Å². The van der Waals surface area contributed by atoms with E-state index in [0.717, 1.165) is 5.56 Å². The number of pyridine rings is 1. The molecule has 3 N–H and O–H groups in total. The quantitative estimate of drug-likeness (QED) is 0.714. The van der Waals surface area contributed by atoms with Gasteiger partial charge in [0.15, 0.2) is 0 Å². The number of amides is 2. The molecule has 0 aliphatic carbocycles. The molecule has 0 aliphatic heterocycles. The second-order valence-corrected chi connectivity index (χ2v) is 3.96. The number of anilines is 1. The molecule has 0 saturated heterocycles. The van der Waals surface area contributed by atoms with Crippen molar-refractivity contribution in [3.8, 4) is 0 Å². The summed E-state index contributed by atoms with van der Waals surface area (Å²) in [6, 6.07) is 0.173. The van der Waals surface area contributed by atoms with Crippen LogP contribution in [-0.4, -0.2) is 41.8 Å². The summed E-state index contributed by atoms with van der Waals surface area (Å²) in [5, 5.41) is 13.9. The fraction of sp³-hybridized carbons (Fsp3) is 0.417. The van der Waals surface area contributed by atoms with E-state index in [-0.39, 0.29) is 13.0 Å². The molecule has 7 nitrogen and oxygen atoms in total. The second-order valence-electron chi connectivity index (χ2n) is 3.96. The smallest absolute Gasteiger partial charge is 0.326 e. The third-order valence-corrected chi connectivity index (χ3v) is 2.50. The van der Waals surface area contributed by atoms with E-state index >= 15 is 0 Å². The van der Waals surface area contributed by atoms with Gasteiger partial charge in [-0.15, -0.1) is 0 Å². The lowest BCUT2D eigenvalue weighted by atomic mass is 10.2. The number of aromatic nitrogens is 1. The molecule has 0 radical (unpaired) electrons. The Morgan fingerprint density at radius 3 is 2.84 bits per heavy atom. The highest BCUT2D eigenvalue weighted by Gasteiger charge is 2.19. The maximum absolute atomic E-state index is 11.7. The van der Waals surface area contributed by atoms with Crippen molar-refractivity contribution in [1.29, 1.82) is 0 Å². The Balaban J connectivity index is 2.58. The Bertz CT molecular complexity index is 450. The first-order valence-corrected chi connectivity index (χ1v) is 5.74. The number of rotatable bonds is 6. The number of urea groups is 1. The first kappa shape index (κ1) is 14.9. The Kier molecular flexibility index (Phi) is 5.74. The zero-order valence-corrected chi connectivity index (χ0v) is 10.8. The minimum absolute atomic E-state index is 0.200. The number of nitrogens with one attached hydrogen (secondary N) is 2. The summed E-state index contributed by atoms with van der Waals surface area (Å²) in [7, 11) is 1.47. The van der Waals surface area contributed by atoms with E-state index in [9.17, 15) is 9.59 Å². The van der Waals surface area contributed by atoms with Crippen LogP contribution in [0.1, 0.15) is 12.0 Å². The third kappa shape index (κ3) is 4.92. The van der Waals surface area contributed by atoms with Crippen LogP contribution in [0.15, 0.2) is 18.5 Å². The summed E-state index contributed by atoms with van der Waals surface area (Å²) in [6.45, 7) is 2.07. The molecular weight excluding hydrogens is 250 g/mol. The SMILES string of the molecule is COCCC(NC(=O)Nc1cnccc1C)C(=O)O. The number of hydrogen-bond acceptors (Lipinski definition) is 4. The van der Waals surface area contributed by atoms with E-state index in [4.69, 9.17) is 9.84 Å². The van der Waals surface area contributed by atoms with Crippen LogP contribution in [0.5, 0.6) is 0 Å². The predicted molar refractivity (Wildman–Crippen MR) is 69.0 cm³/mol. The van der Waals surface area contributed by atoms with Gasteiger partial charge in [0, 0.05) is 26.3 Å². The Labute approximate surface area is 111 Å². The minimum atomic E-state index is -1.10. The van der Waals surface area contributed by atoms with Crippen molar-refractivity contribution in [3.63, 3.8) is 0 Å². The van der Waals surface area contributed by atoms with E-state index in [1.165, 1.54) is 13.3 Å². The van der Waals surface area contributed by atoms with Crippen LogP contribution in [0.2, 0.25) is 0 Å². The molecule has 1 heterocycles. The van der Waals surface area contributed by atoms with Gasteiger partial charge in [-0.25, -0.2) is 9.59 Å². The van der Waals surface area contributed by atoms with Crippen LogP contribution in [0.3, 0.4) is 0 Å². The first-order chi connectivity index (χ1) is 9.04. The fourth-order valence-electron chi connectivity index (χ4n) is 1.40. The molecule has 19 heavy (non-hydrogen) atoms. The summed E-state index contributed by atoms with van der Waals surface area (Å²) >= 11 is 0. The van der Waals surface area contributed by atoms with Crippen molar-refractivity contribution in [2.75, 3.05) is 19.0 Å². The van der Waals surface area contributed by atoms with Crippen molar-refractivity contribution in [2.45, 2.75) is 19.4 Å². The van der Waals surface area contributed by atoms with Crippen LogP contribution < -0.4 is 10.6 Å². The Morgan fingerprint density at radius 2 is 2.26 bits per heavy atom. The molecule has 0 spiro atoms. The van der Waals surface area contributed by atoms with Crippen molar-refractivity contribution in [3.05, 3.63) is 24.0 Å². The Morgan fingerprint density at radius 1 is 1.53 bits per heavy atom. The highest BCUT2D eigenvalue weighted by molar-refractivity contribution is 5.92. The molecule has 1 aromatic rings. The lowest BCUT2D eigenvalue weighted by molar-refractivity contribution is -0.139. The number of carbonyl (C=O) groups excluding carboxylic acids is 1. The average Bonchev–Trinajstić information content (AvgIpc) is 2.37. The van der Waals surface area contributed by atoms with Crippen molar-refractivity contribution >= 4 is 17.7 Å². The monoisotopic (exact) mass is 267 g/mol. The van der Waals surface area contributed by atoms with Crippen molar-refractivity contribution < 1.29 is 19.4 Å². The fourth-order valence-corrected chi connectivity index (χ4v) is 1.40. The molecule has 0 saturated carbocycles. The number of carboxylic acid groups (broad SMARTS) is 1. The van der Waals surface area contributed by atoms with Crippen LogP contribution in [0, 0.1) is 6.92 Å². The molecule has 1 unspecified atom stereocenters. The van der Waals surface area contributed by atoms with Gasteiger partial charge in [0.25, 0.3) is 0 Å². The van der Waals surface area contributed by atoms with Crippen LogP contribution in [-0.2, 0) is 9.53 Å². The van der Waals surface area contributed by atoms with Gasteiger partial charge >= 0.3 is 12.0 Å². The summed E-state index contributed by atoms with van der Waals surface area (Å²) in [6.07, 6.45) is 3.31. The molecule has 1 aromatic heterocycles. The average molecular weight is 267 g/mol. The molecule has 0 aliphatic rings. The maximum Gasteiger partial charge on any atom is 0.326 e. The number of aryl methyl sites for hydroxylation is 1. The number of ether oxygens (including phenoxy) is 1.